The van der Waals surface area contributed by atoms with Crippen molar-refractivity contribution in [2.75, 3.05) is 13.7 Å². The Bertz CT molecular complexity index is 470. The summed E-state index contributed by atoms with van der Waals surface area (Å²) in [5.74, 6) is 2.56. The Hall–Kier alpha value is -1.53. The van der Waals surface area contributed by atoms with Gasteiger partial charge < -0.3 is 10.1 Å². The van der Waals surface area contributed by atoms with Crippen molar-refractivity contribution in [1.82, 2.24) is 5.32 Å². The van der Waals surface area contributed by atoms with Crippen LogP contribution in [0.1, 0.15) is 43.7 Å². The van der Waals surface area contributed by atoms with E-state index >= 15 is 0 Å². The van der Waals surface area contributed by atoms with Gasteiger partial charge in [-0.25, -0.2) is 0 Å². The van der Waals surface area contributed by atoms with Crippen LogP contribution in [0.25, 0.3) is 0 Å². The summed E-state index contributed by atoms with van der Waals surface area (Å²) >= 11 is 0. The number of hydrogen-bond acceptors (Lipinski definition) is 3. The van der Waals surface area contributed by atoms with E-state index in [0.717, 1.165) is 36.2 Å². The zero-order valence-corrected chi connectivity index (χ0v) is 12.5. The van der Waals surface area contributed by atoms with E-state index in [-0.39, 0.29) is 0 Å². The summed E-state index contributed by atoms with van der Waals surface area (Å²) in [5, 5.41) is 12.5. The monoisotopic (exact) mass is 272 g/mol. The number of ether oxygens (including phenoxy) is 1. The number of rotatable bonds is 5. The fourth-order valence-corrected chi connectivity index (χ4v) is 2.93. The Morgan fingerprint density at radius 2 is 2.05 bits per heavy atom. The fraction of sp³-hybridized carbons (Fsp3) is 0.588. The van der Waals surface area contributed by atoms with Crippen LogP contribution in [-0.4, -0.2) is 13.7 Å². The third kappa shape index (κ3) is 3.98. The van der Waals surface area contributed by atoms with Crippen molar-refractivity contribution in [3.8, 4) is 11.8 Å². The lowest BCUT2D eigenvalue weighted by molar-refractivity contribution is 0.281. The van der Waals surface area contributed by atoms with E-state index in [1.54, 1.807) is 13.2 Å². The Morgan fingerprint density at radius 1 is 1.30 bits per heavy atom. The van der Waals surface area contributed by atoms with Gasteiger partial charge in [0.15, 0.2) is 0 Å². The van der Waals surface area contributed by atoms with Crippen LogP contribution < -0.4 is 10.1 Å². The number of nitrogens with zero attached hydrogens (tertiary/aromatic N) is 1. The van der Waals surface area contributed by atoms with Crippen molar-refractivity contribution >= 4 is 0 Å². The molecule has 3 nitrogen and oxygen atoms in total. The summed E-state index contributed by atoms with van der Waals surface area (Å²) in [7, 11) is 1.67. The quantitative estimate of drug-likeness (QED) is 0.892. The summed E-state index contributed by atoms with van der Waals surface area (Å²) < 4.78 is 5.35. The maximum atomic E-state index is 8.97. The molecule has 0 radical (unpaired) electrons. The van der Waals surface area contributed by atoms with Crippen LogP contribution >= 0.6 is 0 Å². The Morgan fingerprint density at radius 3 is 2.70 bits per heavy atom. The average molecular weight is 272 g/mol. The Kier molecular flexibility index (Phi) is 5.43. The fourth-order valence-electron chi connectivity index (χ4n) is 2.93. The van der Waals surface area contributed by atoms with Crippen LogP contribution in [0, 0.1) is 23.2 Å². The second kappa shape index (κ2) is 7.31. The lowest BCUT2D eigenvalue weighted by Crippen LogP contribution is -2.25. The van der Waals surface area contributed by atoms with E-state index in [9.17, 15) is 0 Å². The van der Waals surface area contributed by atoms with E-state index < -0.39 is 0 Å². The van der Waals surface area contributed by atoms with Crippen molar-refractivity contribution in [2.24, 2.45) is 11.8 Å². The minimum Gasteiger partial charge on any atom is -0.496 e. The molecule has 0 saturated heterocycles. The van der Waals surface area contributed by atoms with Gasteiger partial charge in [0.05, 0.1) is 18.7 Å². The van der Waals surface area contributed by atoms with Gasteiger partial charge in [0.1, 0.15) is 5.75 Å². The van der Waals surface area contributed by atoms with Gasteiger partial charge in [0.25, 0.3) is 0 Å². The summed E-state index contributed by atoms with van der Waals surface area (Å²) in [4.78, 5) is 0. The van der Waals surface area contributed by atoms with Crippen LogP contribution in [0.4, 0.5) is 0 Å². The van der Waals surface area contributed by atoms with E-state index in [0.29, 0.717) is 5.56 Å². The highest BCUT2D eigenvalue weighted by Gasteiger charge is 2.17. The zero-order chi connectivity index (χ0) is 14.4. The molecule has 1 aliphatic rings. The lowest BCUT2D eigenvalue weighted by Gasteiger charge is -2.26. The van der Waals surface area contributed by atoms with Gasteiger partial charge in [-0.05, 0) is 49.4 Å². The van der Waals surface area contributed by atoms with E-state index in [4.69, 9.17) is 10.00 Å². The number of nitriles is 1. The maximum absolute atomic E-state index is 8.97. The molecule has 1 aromatic rings. The van der Waals surface area contributed by atoms with Gasteiger partial charge in [-0.3, -0.25) is 0 Å². The standard InChI is InChI=1S/C17H24N2O/c1-13-3-5-14(6-4-13)11-19-12-16-9-15(10-18)7-8-17(16)20-2/h7-9,13-14,19H,3-6,11-12H2,1-2H3. The summed E-state index contributed by atoms with van der Waals surface area (Å²) in [6.45, 7) is 4.18. The second-order valence-corrected chi connectivity index (χ2v) is 5.90. The maximum Gasteiger partial charge on any atom is 0.123 e. The highest BCUT2D eigenvalue weighted by Crippen LogP contribution is 2.28. The normalized spacial score (nSPS) is 22.2. The van der Waals surface area contributed by atoms with Crippen molar-refractivity contribution in [3.63, 3.8) is 0 Å². The van der Waals surface area contributed by atoms with Gasteiger partial charge in [-0.1, -0.05) is 19.8 Å². The molecule has 1 aliphatic carbocycles. The molecule has 0 aromatic heterocycles. The zero-order valence-electron chi connectivity index (χ0n) is 12.5. The molecule has 20 heavy (non-hydrogen) atoms. The molecule has 108 valence electrons. The van der Waals surface area contributed by atoms with Crippen molar-refractivity contribution < 1.29 is 4.74 Å². The first-order valence-electron chi connectivity index (χ1n) is 7.50. The minimum atomic E-state index is 0.689. The molecule has 1 N–H and O–H groups in total. The van der Waals surface area contributed by atoms with Gasteiger partial charge >= 0.3 is 0 Å². The molecule has 0 unspecified atom stereocenters. The molecule has 2 rings (SSSR count). The van der Waals surface area contributed by atoms with Crippen LogP contribution in [0.15, 0.2) is 18.2 Å². The highest BCUT2D eigenvalue weighted by atomic mass is 16.5. The summed E-state index contributed by atoms with van der Waals surface area (Å²) in [6, 6.07) is 7.76. The predicted octanol–water partition coefficient (Wildman–Crippen LogP) is 3.48. The highest BCUT2D eigenvalue weighted by molar-refractivity contribution is 5.41. The van der Waals surface area contributed by atoms with E-state index in [1.807, 2.05) is 12.1 Å². The molecule has 0 aliphatic heterocycles. The summed E-state index contributed by atoms with van der Waals surface area (Å²) in [5.41, 5.74) is 1.75. The molecule has 0 bridgehead atoms. The first-order valence-corrected chi connectivity index (χ1v) is 7.50. The minimum absolute atomic E-state index is 0.689. The van der Waals surface area contributed by atoms with Crippen molar-refractivity contribution in [3.05, 3.63) is 29.3 Å². The number of methoxy groups -OCH3 is 1. The van der Waals surface area contributed by atoms with Gasteiger partial charge in [-0.15, -0.1) is 0 Å². The van der Waals surface area contributed by atoms with Crippen molar-refractivity contribution in [1.29, 1.82) is 5.26 Å². The lowest BCUT2D eigenvalue weighted by atomic mass is 9.83. The van der Waals surface area contributed by atoms with Crippen LogP contribution in [-0.2, 0) is 6.54 Å². The third-order valence-electron chi connectivity index (χ3n) is 4.29. The van der Waals surface area contributed by atoms with Crippen LogP contribution in [0.2, 0.25) is 0 Å². The first-order chi connectivity index (χ1) is 9.72. The molecular weight excluding hydrogens is 248 g/mol. The topological polar surface area (TPSA) is 45.0 Å². The van der Waals surface area contributed by atoms with E-state index in [1.165, 1.54) is 25.7 Å². The molecule has 3 heteroatoms. The van der Waals surface area contributed by atoms with Crippen molar-refractivity contribution in [2.45, 2.75) is 39.2 Å². The smallest absolute Gasteiger partial charge is 0.123 e. The average Bonchev–Trinajstić information content (AvgIpc) is 2.49. The Labute approximate surface area is 121 Å². The molecule has 0 amide bonds. The number of nitrogens with one attached hydrogen (secondary N) is 1. The number of benzene rings is 1. The molecule has 1 aromatic carbocycles. The molecular formula is C17H24N2O. The molecule has 0 spiro atoms. The van der Waals surface area contributed by atoms with Gasteiger partial charge in [0.2, 0.25) is 0 Å². The Balaban J connectivity index is 1.86. The van der Waals surface area contributed by atoms with E-state index in [2.05, 4.69) is 18.3 Å². The molecule has 0 atom stereocenters. The third-order valence-corrected chi connectivity index (χ3v) is 4.29. The largest absolute Gasteiger partial charge is 0.496 e. The molecule has 0 heterocycles. The predicted molar refractivity (Wildman–Crippen MR) is 80.5 cm³/mol. The second-order valence-electron chi connectivity index (χ2n) is 5.90. The first kappa shape index (κ1) is 14.9. The van der Waals surface area contributed by atoms with Crippen LogP contribution in [0.3, 0.4) is 0 Å². The SMILES string of the molecule is COc1ccc(C#N)cc1CNCC1CCC(C)CC1. The van der Waals surface area contributed by atoms with Crippen LogP contribution in [0.5, 0.6) is 5.75 Å². The molecule has 1 saturated carbocycles. The van der Waals surface area contributed by atoms with Gasteiger partial charge in [-0.2, -0.15) is 5.26 Å². The number of hydrogen-bond donors (Lipinski definition) is 1. The summed E-state index contributed by atoms with van der Waals surface area (Å²) in [6.07, 6.45) is 5.40. The van der Waals surface area contributed by atoms with Gasteiger partial charge in [0, 0.05) is 12.1 Å². The molecule has 1 fully saturated rings.